The molecule has 128 valence electrons. The smallest absolute Gasteiger partial charge is 0.303 e. The summed E-state index contributed by atoms with van der Waals surface area (Å²) in [6.07, 6.45) is 14.9. The Kier molecular flexibility index (Phi) is 10.2. The lowest BCUT2D eigenvalue weighted by molar-refractivity contribution is -0.137. The van der Waals surface area contributed by atoms with Crippen molar-refractivity contribution in [3.8, 4) is 0 Å². The molecule has 0 aromatic rings. The van der Waals surface area contributed by atoms with E-state index in [4.69, 9.17) is 9.84 Å². The van der Waals surface area contributed by atoms with Crippen LogP contribution in [0.1, 0.15) is 77.6 Å². The lowest BCUT2D eigenvalue weighted by Gasteiger charge is -2.05. The Labute approximate surface area is 134 Å². The molecule has 22 heavy (non-hydrogen) atoms. The molecule has 0 aromatic heterocycles. The number of epoxide rings is 1. The Morgan fingerprint density at radius 3 is 2.50 bits per heavy atom. The summed E-state index contributed by atoms with van der Waals surface area (Å²) in [5, 5.41) is 18.4. The predicted octanol–water partition coefficient (Wildman–Crippen LogP) is 4.07. The maximum atomic E-state index is 10.4. The largest absolute Gasteiger partial charge is 0.481 e. The summed E-state index contributed by atoms with van der Waals surface area (Å²) in [6, 6.07) is 0. The Hall–Kier alpha value is -0.870. The minimum Gasteiger partial charge on any atom is -0.481 e. The fraction of sp³-hybridized carbons (Fsp3) is 0.833. The second kappa shape index (κ2) is 11.7. The number of unbranched alkanes of at least 4 members (excludes halogenated alkanes) is 6. The molecule has 2 N–H and O–H groups in total. The van der Waals surface area contributed by atoms with Crippen molar-refractivity contribution >= 4 is 5.97 Å². The molecular weight excluding hydrogens is 280 g/mol. The van der Waals surface area contributed by atoms with Crippen LogP contribution in [0.5, 0.6) is 0 Å². The van der Waals surface area contributed by atoms with Gasteiger partial charge in [-0.15, -0.1) is 0 Å². The van der Waals surface area contributed by atoms with Crippen LogP contribution >= 0.6 is 0 Å². The second-order valence-corrected chi connectivity index (χ2v) is 6.29. The number of hydrogen-bond donors (Lipinski definition) is 2. The average molecular weight is 312 g/mol. The van der Waals surface area contributed by atoms with Crippen molar-refractivity contribution in [1.82, 2.24) is 0 Å². The minimum absolute atomic E-state index is 0.0810. The number of aliphatic hydroxyl groups is 1. The Bertz CT molecular complexity index is 327. The normalized spacial score (nSPS) is 22.1. The van der Waals surface area contributed by atoms with Crippen LogP contribution in [0.2, 0.25) is 0 Å². The maximum Gasteiger partial charge on any atom is 0.303 e. The molecule has 0 radical (unpaired) electrons. The molecule has 1 aliphatic rings. The fourth-order valence-corrected chi connectivity index (χ4v) is 2.66. The highest BCUT2D eigenvalue weighted by molar-refractivity contribution is 5.66. The highest BCUT2D eigenvalue weighted by atomic mass is 16.6. The van der Waals surface area contributed by atoms with Crippen LogP contribution in [0, 0.1) is 0 Å². The van der Waals surface area contributed by atoms with E-state index < -0.39 is 5.97 Å². The number of carboxylic acid groups (broad SMARTS) is 1. The zero-order valence-corrected chi connectivity index (χ0v) is 13.9. The van der Waals surface area contributed by atoms with E-state index in [9.17, 15) is 9.90 Å². The average Bonchev–Trinajstić information content (AvgIpc) is 3.22. The lowest BCUT2D eigenvalue weighted by Crippen LogP contribution is -2.03. The van der Waals surface area contributed by atoms with E-state index in [-0.39, 0.29) is 24.7 Å². The van der Waals surface area contributed by atoms with Gasteiger partial charge in [0.1, 0.15) is 6.10 Å². The van der Waals surface area contributed by atoms with Gasteiger partial charge in [0.25, 0.3) is 0 Å². The SMILES string of the molecule is CCCCCCCCCC(O)/C=C/C1OC1CCCC(=O)O. The Morgan fingerprint density at radius 2 is 1.82 bits per heavy atom. The van der Waals surface area contributed by atoms with Crippen molar-refractivity contribution < 1.29 is 19.7 Å². The first-order valence-corrected chi connectivity index (χ1v) is 8.87. The third kappa shape index (κ3) is 9.96. The molecule has 1 heterocycles. The summed E-state index contributed by atoms with van der Waals surface area (Å²) in [4.78, 5) is 10.4. The first kappa shape index (κ1) is 19.2. The molecule has 4 heteroatoms. The molecule has 0 aliphatic carbocycles. The molecule has 0 aromatic carbocycles. The van der Waals surface area contributed by atoms with Gasteiger partial charge in [-0.1, -0.05) is 64.0 Å². The van der Waals surface area contributed by atoms with Gasteiger partial charge in [-0.25, -0.2) is 0 Å². The maximum absolute atomic E-state index is 10.4. The predicted molar refractivity (Wildman–Crippen MR) is 87.9 cm³/mol. The van der Waals surface area contributed by atoms with Crippen LogP contribution < -0.4 is 0 Å². The number of carboxylic acids is 1. The quantitative estimate of drug-likeness (QED) is 0.288. The monoisotopic (exact) mass is 312 g/mol. The van der Waals surface area contributed by atoms with Gasteiger partial charge in [0.05, 0.1) is 12.2 Å². The van der Waals surface area contributed by atoms with E-state index in [1.165, 1.54) is 38.5 Å². The molecule has 0 bridgehead atoms. The van der Waals surface area contributed by atoms with Crippen molar-refractivity contribution in [2.45, 2.75) is 95.9 Å². The van der Waals surface area contributed by atoms with Crippen molar-refractivity contribution in [2.75, 3.05) is 0 Å². The van der Waals surface area contributed by atoms with Crippen LogP contribution in [0.15, 0.2) is 12.2 Å². The topological polar surface area (TPSA) is 70.1 Å². The van der Waals surface area contributed by atoms with Crippen LogP contribution in [0.4, 0.5) is 0 Å². The van der Waals surface area contributed by atoms with Gasteiger partial charge >= 0.3 is 5.97 Å². The zero-order chi connectivity index (χ0) is 16.2. The van der Waals surface area contributed by atoms with Crippen molar-refractivity contribution in [2.24, 2.45) is 0 Å². The molecule has 0 amide bonds. The van der Waals surface area contributed by atoms with Crippen LogP contribution in [0.25, 0.3) is 0 Å². The van der Waals surface area contributed by atoms with Gasteiger partial charge in [0, 0.05) is 6.42 Å². The third-order valence-electron chi connectivity index (χ3n) is 4.13. The standard InChI is InChI=1S/C18H32O4/c1-2-3-4-5-6-7-8-10-15(19)13-14-17-16(22-17)11-9-12-18(20)21/h13-17,19H,2-12H2,1H3,(H,20,21)/b14-13+. The van der Waals surface area contributed by atoms with Crippen LogP contribution in [0.3, 0.4) is 0 Å². The summed E-state index contributed by atoms with van der Waals surface area (Å²) in [6.45, 7) is 2.23. The van der Waals surface area contributed by atoms with Crippen LogP contribution in [-0.4, -0.2) is 34.5 Å². The van der Waals surface area contributed by atoms with E-state index in [0.29, 0.717) is 6.42 Å². The molecule has 0 saturated carbocycles. The van der Waals surface area contributed by atoms with Gasteiger partial charge in [-0.3, -0.25) is 4.79 Å². The summed E-state index contributed by atoms with van der Waals surface area (Å²) in [5.74, 6) is -0.752. The minimum atomic E-state index is -0.752. The van der Waals surface area contributed by atoms with Crippen LogP contribution in [-0.2, 0) is 9.53 Å². The van der Waals surface area contributed by atoms with Gasteiger partial charge in [-0.2, -0.15) is 0 Å². The molecule has 3 atom stereocenters. The number of aliphatic hydroxyl groups excluding tert-OH is 1. The number of rotatable bonds is 14. The Morgan fingerprint density at radius 1 is 1.14 bits per heavy atom. The zero-order valence-electron chi connectivity index (χ0n) is 13.9. The van der Waals surface area contributed by atoms with Crippen molar-refractivity contribution in [3.05, 3.63) is 12.2 Å². The van der Waals surface area contributed by atoms with Gasteiger partial charge in [0.15, 0.2) is 0 Å². The van der Waals surface area contributed by atoms with Crippen molar-refractivity contribution in [3.63, 3.8) is 0 Å². The number of carbonyl (C=O) groups is 1. The highest BCUT2D eigenvalue weighted by Crippen LogP contribution is 2.28. The molecule has 1 fully saturated rings. The second-order valence-electron chi connectivity index (χ2n) is 6.29. The molecule has 4 nitrogen and oxygen atoms in total. The Balaban J connectivity index is 1.94. The molecule has 3 unspecified atom stereocenters. The van der Waals surface area contributed by atoms with E-state index in [0.717, 1.165) is 19.3 Å². The summed E-state index contributed by atoms with van der Waals surface area (Å²) >= 11 is 0. The van der Waals surface area contributed by atoms with E-state index in [1.54, 1.807) is 0 Å². The number of ether oxygens (including phenoxy) is 1. The molecule has 1 rings (SSSR count). The first-order valence-electron chi connectivity index (χ1n) is 8.87. The van der Waals surface area contributed by atoms with Gasteiger partial charge in [0.2, 0.25) is 0 Å². The van der Waals surface area contributed by atoms with Crippen molar-refractivity contribution in [1.29, 1.82) is 0 Å². The third-order valence-corrected chi connectivity index (χ3v) is 4.13. The molecule has 1 saturated heterocycles. The fourth-order valence-electron chi connectivity index (χ4n) is 2.66. The summed E-state index contributed by atoms with van der Waals surface area (Å²) < 4.78 is 5.44. The molecule has 0 spiro atoms. The van der Waals surface area contributed by atoms with E-state index >= 15 is 0 Å². The highest BCUT2D eigenvalue weighted by Gasteiger charge is 2.35. The number of aliphatic carboxylic acids is 1. The molecular formula is C18H32O4. The lowest BCUT2D eigenvalue weighted by atomic mass is 10.1. The summed E-state index contributed by atoms with van der Waals surface area (Å²) in [7, 11) is 0. The number of hydrogen-bond acceptors (Lipinski definition) is 3. The molecule has 1 aliphatic heterocycles. The van der Waals surface area contributed by atoms with Gasteiger partial charge in [-0.05, 0) is 19.3 Å². The van der Waals surface area contributed by atoms with E-state index in [2.05, 4.69) is 6.92 Å². The van der Waals surface area contributed by atoms with Gasteiger partial charge < -0.3 is 14.9 Å². The first-order chi connectivity index (χ1) is 10.6. The summed E-state index contributed by atoms with van der Waals surface area (Å²) in [5.41, 5.74) is 0. The van der Waals surface area contributed by atoms with E-state index in [1.807, 2.05) is 12.2 Å².